The second-order valence-electron chi connectivity index (χ2n) is 9.30. The molecule has 0 radical (unpaired) electrons. The molecule has 0 fully saturated rings. The highest BCUT2D eigenvalue weighted by atomic mass is 16.6. The van der Waals surface area contributed by atoms with Crippen LogP contribution in [0, 0.1) is 17.0 Å². The van der Waals surface area contributed by atoms with Gasteiger partial charge in [0.05, 0.1) is 25.2 Å². The van der Waals surface area contributed by atoms with Crippen LogP contribution in [0.4, 0.5) is 28.4 Å². The molecule has 44 heavy (non-hydrogen) atoms. The molecule has 0 aromatic heterocycles. The van der Waals surface area contributed by atoms with E-state index in [4.69, 9.17) is 9.47 Å². The summed E-state index contributed by atoms with van der Waals surface area (Å²) in [5.41, 5.74) is 1.72. The smallest absolute Gasteiger partial charge is 0.273 e. The number of nitro groups is 1. The summed E-state index contributed by atoms with van der Waals surface area (Å²) in [7, 11) is 2.76. The molecule has 0 spiro atoms. The Morgan fingerprint density at radius 3 is 1.57 bits per heavy atom. The number of carbonyl (C=O) groups is 4. The van der Waals surface area contributed by atoms with Crippen LogP contribution < -0.4 is 20.1 Å². The number of aryl methyl sites for hydroxylation is 1. The molecule has 228 valence electrons. The van der Waals surface area contributed by atoms with Crippen molar-refractivity contribution >= 4 is 51.8 Å². The second kappa shape index (κ2) is 14.9. The van der Waals surface area contributed by atoms with Crippen molar-refractivity contribution in [3.05, 3.63) is 76.3 Å². The number of azo groups is 2. The molecule has 0 aliphatic carbocycles. The van der Waals surface area contributed by atoms with E-state index in [1.165, 1.54) is 57.5 Å². The van der Waals surface area contributed by atoms with Gasteiger partial charge in [0, 0.05) is 17.4 Å². The molecule has 0 aliphatic rings. The van der Waals surface area contributed by atoms with E-state index in [0.29, 0.717) is 17.1 Å². The van der Waals surface area contributed by atoms with Crippen molar-refractivity contribution in [3.63, 3.8) is 0 Å². The Balaban J connectivity index is 1.68. The van der Waals surface area contributed by atoms with Gasteiger partial charge in [0.2, 0.25) is 12.1 Å². The number of carbonyl (C=O) groups excluding carboxylic acids is 4. The minimum atomic E-state index is -1.52. The van der Waals surface area contributed by atoms with Crippen molar-refractivity contribution in [3.8, 4) is 11.5 Å². The standard InChI is InChI=1S/C29H29N7O8/c1-16-6-12-22(24(14-16)43-4)32-34-26(17(2)37)28(39)30-19-7-9-20(10-8-19)31-29(40)27(18(3)38)35-33-23-13-11-21(36(41)42)15-25(23)44-5/h6-15,26-27H,1-5H3,(H,30,39)(H,31,40). The number of nitrogens with zero attached hydrogens (tertiary/aromatic N) is 5. The largest absolute Gasteiger partial charge is 0.494 e. The fraction of sp³-hybridized carbons (Fsp3) is 0.241. The Morgan fingerprint density at radius 1 is 0.727 bits per heavy atom. The van der Waals surface area contributed by atoms with Gasteiger partial charge in [-0.25, -0.2) is 0 Å². The first kappa shape index (κ1) is 32.7. The Kier molecular flexibility index (Phi) is 11.0. The number of amides is 2. The summed E-state index contributed by atoms with van der Waals surface area (Å²) >= 11 is 0. The zero-order valence-corrected chi connectivity index (χ0v) is 24.4. The van der Waals surface area contributed by atoms with Gasteiger partial charge in [-0.15, -0.1) is 0 Å². The molecule has 3 aromatic rings. The SMILES string of the molecule is COc1cc(C)ccc1N=NC(C(C)=O)C(=O)Nc1ccc(NC(=O)C(N=Nc2ccc([N+](=O)[O-])cc2OC)C(C)=O)cc1. The summed E-state index contributed by atoms with van der Waals surface area (Å²) in [6.07, 6.45) is 0. The molecular formula is C29H29N7O8. The number of benzene rings is 3. The molecular weight excluding hydrogens is 574 g/mol. The molecule has 2 amide bonds. The number of methoxy groups -OCH3 is 2. The number of Topliss-reactive ketones (excluding diaryl/α,β-unsaturated/α-hetero) is 2. The highest BCUT2D eigenvalue weighted by Gasteiger charge is 2.25. The van der Waals surface area contributed by atoms with E-state index in [1.54, 1.807) is 18.2 Å². The number of nitro benzene ring substituents is 1. The molecule has 2 N–H and O–H groups in total. The molecule has 15 heteroatoms. The maximum atomic E-state index is 12.8. The van der Waals surface area contributed by atoms with Crippen LogP contribution in [0.1, 0.15) is 19.4 Å². The van der Waals surface area contributed by atoms with E-state index in [9.17, 15) is 29.3 Å². The fourth-order valence-electron chi connectivity index (χ4n) is 3.66. The lowest BCUT2D eigenvalue weighted by molar-refractivity contribution is -0.384. The van der Waals surface area contributed by atoms with Gasteiger partial charge in [-0.05, 0) is 68.8 Å². The van der Waals surface area contributed by atoms with E-state index in [-0.39, 0.29) is 22.8 Å². The van der Waals surface area contributed by atoms with Crippen molar-refractivity contribution in [2.75, 3.05) is 24.9 Å². The molecule has 3 rings (SSSR count). The lowest BCUT2D eigenvalue weighted by Gasteiger charge is -2.12. The predicted octanol–water partition coefficient (Wildman–Crippen LogP) is 5.28. The van der Waals surface area contributed by atoms with E-state index >= 15 is 0 Å². The first-order valence-electron chi connectivity index (χ1n) is 12.9. The van der Waals surface area contributed by atoms with Crippen molar-refractivity contribution in [2.24, 2.45) is 20.5 Å². The van der Waals surface area contributed by atoms with Crippen molar-refractivity contribution < 1.29 is 33.6 Å². The van der Waals surface area contributed by atoms with Gasteiger partial charge in [0.15, 0.2) is 17.3 Å². The van der Waals surface area contributed by atoms with Crippen molar-refractivity contribution in [1.29, 1.82) is 0 Å². The highest BCUT2D eigenvalue weighted by Crippen LogP contribution is 2.32. The molecule has 0 bridgehead atoms. The number of ether oxygens (including phenoxy) is 2. The van der Waals surface area contributed by atoms with Gasteiger partial charge in [-0.1, -0.05) is 6.07 Å². The summed E-state index contributed by atoms with van der Waals surface area (Å²) < 4.78 is 10.4. The fourth-order valence-corrected chi connectivity index (χ4v) is 3.66. The zero-order chi connectivity index (χ0) is 32.4. The van der Waals surface area contributed by atoms with Gasteiger partial charge < -0.3 is 20.1 Å². The van der Waals surface area contributed by atoms with Crippen LogP contribution in [0.2, 0.25) is 0 Å². The van der Waals surface area contributed by atoms with Crippen LogP contribution >= 0.6 is 0 Å². The minimum Gasteiger partial charge on any atom is -0.494 e. The molecule has 0 heterocycles. The first-order chi connectivity index (χ1) is 20.9. The Hall–Kier alpha value is -5.86. The van der Waals surface area contributed by atoms with E-state index in [0.717, 1.165) is 18.6 Å². The molecule has 2 atom stereocenters. The third kappa shape index (κ3) is 8.58. The number of rotatable bonds is 13. The second-order valence-corrected chi connectivity index (χ2v) is 9.30. The lowest BCUT2D eigenvalue weighted by atomic mass is 10.2. The number of ketones is 2. The normalized spacial score (nSPS) is 12.4. The average Bonchev–Trinajstić information content (AvgIpc) is 2.98. The Morgan fingerprint density at radius 2 is 1.16 bits per heavy atom. The zero-order valence-electron chi connectivity index (χ0n) is 24.4. The van der Waals surface area contributed by atoms with E-state index < -0.39 is 40.4 Å². The highest BCUT2D eigenvalue weighted by molar-refractivity contribution is 6.11. The van der Waals surface area contributed by atoms with E-state index in [1.807, 2.05) is 6.92 Å². The molecule has 0 aliphatic heterocycles. The monoisotopic (exact) mass is 603 g/mol. The number of non-ortho nitro benzene ring substituents is 1. The predicted molar refractivity (Wildman–Crippen MR) is 159 cm³/mol. The van der Waals surface area contributed by atoms with Gasteiger partial charge in [-0.2, -0.15) is 20.5 Å². The van der Waals surface area contributed by atoms with Crippen LogP contribution in [-0.2, 0) is 19.2 Å². The first-order valence-corrected chi connectivity index (χ1v) is 12.9. The van der Waals surface area contributed by atoms with Gasteiger partial charge in [0.25, 0.3) is 17.5 Å². The molecule has 2 unspecified atom stereocenters. The average molecular weight is 604 g/mol. The van der Waals surface area contributed by atoms with Crippen LogP contribution in [0.25, 0.3) is 0 Å². The van der Waals surface area contributed by atoms with Gasteiger partial charge >= 0.3 is 0 Å². The maximum absolute atomic E-state index is 12.8. The van der Waals surface area contributed by atoms with Crippen molar-refractivity contribution in [2.45, 2.75) is 32.9 Å². The Bertz CT molecular complexity index is 1640. The summed E-state index contributed by atoms with van der Waals surface area (Å²) in [4.78, 5) is 60.3. The minimum absolute atomic E-state index is 0.0339. The molecule has 0 saturated carbocycles. The van der Waals surface area contributed by atoms with Crippen LogP contribution in [0.5, 0.6) is 11.5 Å². The lowest BCUT2D eigenvalue weighted by Crippen LogP contribution is -2.32. The molecule has 3 aromatic carbocycles. The van der Waals surface area contributed by atoms with Crippen LogP contribution in [-0.4, -0.2) is 54.6 Å². The van der Waals surface area contributed by atoms with Crippen molar-refractivity contribution in [1.82, 2.24) is 0 Å². The summed E-state index contributed by atoms with van der Waals surface area (Å²) in [5, 5.41) is 31.8. The van der Waals surface area contributed by atoms with E-state index in [2.05, 4.69) is 31.1 Å². The number of hydrogen-bond acceptors (Lipinski definition) is 12. The number of anilines is 2. The third-order valence-corrected chi connectivity index (χ3v) is 5.96. The summed E-state index contributed by atoms with van der Waals surface area (Å²) in [6.45, 7) is 4.25. The van der Waals surface area contributed by atoms with Gasteiger partial charge in [0.1, 0.15) is 17.1 Å². The topological polar surface area (TPSA) is 203 Å². The van der Waals surface area contributed by atoms with Crippen LogP contribution in [0.15, 0.2) is 81.1 Å². The maximum Gasteiger partial charge on any atom is 0.273 e. The van der Waals surface area contributed by atoms with Crippen LogP contribution in [0.3, 0.4) is 0 Å². The molecule has 15 nitrogen and oxygen atoms in total. The quantitative estimate of drug-likeness (QED) is 0.113. The molecule has 0 saturated heterocycles. The summed E-state index contributed by atoms with van der Waals surface area (Å²) in [5.74, 6) is -2.17. The number of nitrogens with one attached hydrogen (secondary N) is 2. The van der Waals surface area contributed by atoms with Gasteiger partial charge in [-0.3, -0.25) is 29.3 Å². The number of hydrogen-bond donors (Lipinski definition) is 2. The Labute approximate surface area is 251 Å². The summed E-state index contributed by atoms with van der Waals surface area (Å²) in [6, 6.07) is 11.7. The third-order valence-electron chi connectivity index (χ3n) is 5.96.